The minimum atomic E-state index is -1.02. The topological polar surface area (TPSA) is 52.6 Å². The number of nitrogens with zero attached hydrogens (tertiary/aromatic N) is 1. The van der Waals surface area contributed by atoms with Crippen LogP contribution in [-0.4, -0.2) is 41.1 Å². The fourth-order valence-electron chi connectivity index (χ4n) is 3.19. The minimum absolute atomic E-state index is 0.0989. The molecule has 0 aliphatic carbocycles. The molecule has 1 saturated heterocycles. The Balaban J connectivity index is 1.88. The summed E-state index contributed by atoms with van der Waals surface area (Å²) >= 11 is 1.61. The third-order valence-corrected chi connectivity index (χ3v) is 5.60. The molecule has 2 N–H and O–H groups in total. The number of carbonyl (C=O) groups excluding carboxylic acids is 1. The molecule has 24 heavy (non-hydrogen) atoms. The highest BCUT2D eigenvalue weighted by atomic mass is 32.1. The summed E-state index contributed by atoms with van der Waals surface area (Å²) in [5.74, 6) is -0.690. The Bertz CT molecular complexity index is 700. The second-order valence-electron chi connectivity index (χ2n) is 6.51. The van der Waals surface area contributed by atoms with Crippen LogP contribution < -0.4 is 5.32 Å². The molecule has 1 amide bonds. The standard InChI is InChI=1S/C18H21FN2O2S/c1-18(23)9-10-21(2)15(14-4-3-11-24-14)16(18)20-17(22)12-5-7-13(19)8-6-12/h3-8,11,15-16,23H,9-10H2,1-2H3,(H,20,22)/t15-,16-,18+/m0/s1. The number of amides is 1. The van der Waals surface area contributed by atoms with E-state index in [1.54, 1.807) is 18.3 Å². The van der Waals surface area contributed by atoms with Crippen molar-refractivity contribution in [3.05, 3.63) is 58.0 Å². The first kappa shape index (κ1) is 17.1. The highest BCUT2D eigenvalue weighted by Crippen LogP contribution is 2.37. The van der Waals surface area contributed by atoms with Gasteiger partial charge in [-0.15, -0.1) is 11.3 Å². The Morgan fingerprint density at radius 3 is 2.71 bits per heavy atom. The number of carbonyl (C=O) groups is 1. The van der Waals surface area contributed by atoms with Gasteiger partial charge in [0.2, 0.25) is 0 Å². The Morgan fingerprint density at radius 2 is 2.08 bits per heavy atom. The highest BCUT2D eigenvalue weighted by Gasteiger charge is 2.45. The van der Waals surface area contributed by atoms with Crippen LogP contribution in [0.15, 0.2) is 41.8 Å². The van der Waals surface area contributed by atoms with Gasteiger partial charge in [0, 0.05) is 17.0 Å². The van der Waals surface area contributed by atoms with Crippen molar-refractivity contribution in [1.82, 2.24) is 10.2 Å². The molecule has 0 unspecified atom stereocenters. The van der Waals surface area contributed by atoms with Gasteiger partial charge < -0.3 is 10.4 Å². The van der Waals surface area contributed by atoms with Crippen LogP contribution in [-0.2, 0) is 0 Å². The number of hydrogen-bond acceptors (Lipinski definition) is 4. The summed E-state index contributed by atoms with van der Waals surface area (Å²) in [6, 6.07) is 8.86. The maximum Gasteiger partial charge on any atom is 0.251 e. The Morgan fingerprint density at radius 1 is 1.38 bits per heavy atom. The summed E-state index contributed by atoms with van der Waals surface area (Å²) in [4.78, 5) is 15.8. The van der Waals surface area contributed by atoms with Crippen LogP contribution >= 0.6 is 11.3 Å². The molecule has 0 saturated carbocycles. The summed E-state index contributed by atoms with van der Waals surface area (Å²) in [5.41, 5.74) is -0.637. The summed E-state index contributed by atoms with van der Waals surface area (Å²) in [5, 5.41) is 15.8. The number of halogens is 1. The predicted octanol–water partition coefficient (Wildman–Crippen LogP) is 2.81. The molecule has 0 bridgehead atoms. The first-order valence-electron chi connectivity index (χ1n) is 7.91. The first-order chi connectivity index (χ1) is 11.4. The normalized spacial score (nSPS) is 27.8. The zero-order valence-electron chi connectivity index (χ0n) is 13.7. The van der Waals surface area contributed by atoms with E-state index < -0.39 is 11.6 Å². The van der Waals surface area contributed by atoms with Gasteiger partial charge in [0.15, 0.2) is 0 Å². The van der Waals surface area contributed by atoms with E-state index in [-0.39, 0.29) is 17.8 Å². The number of rotatable bonds is 3. The lowest BCUT2D eigenvalue weighted by Gasteiger charge is -2.47. The van der Waals surface area contributed by atoms with E-state index in [1.165, 1.54) is 24.3 Å². The number of nitrogens with one attached hydrogen (secondary N) is 1. The molecular weight excluding hydrogens is 327 g/mol. The van der Waals surface area contributed by atoms with Crippen LogP contribution in [0.4, 0.5) is 4.39 Å². The quantitative estimate of drug-likeness (QED) is 0.897. The van der Waals surface area contributed by atoms with Crippen LogP contribution in [0, 0.1) is 5.82 Å². The van der Waals surface area contributed by atoms with Gasteiger partial charge >= 0.3 is 0 Å². The maximum atomic E-state index is 13.1. The smallest absolute Gasteiger partial charge is 0.251 e. The molecular formula is C18H21FN2O2S. The van der Waals surface area contributed by atoms with E-state index in [9.17, 15) is 14.3 Å². The number of likely N-dealkylation sites (tertiary alicyclic amines) is 1. The minimum Gasteiger partial charge on any atom is -0.388 e. The van der Waals surface area contributed by atoms with Crippen molar-refractivity contribution >= 4 is 17.2 Å². The maximum absolute atomic E-state index is 13.1. The molecule has 1 aromatic heterocycles. The van der Waals surface area contributed by atoms with Gasteiger partial charge in [-0.2, -0.15) is 0 Å². The largest absolute Gasteiger partial charge is 0.388 e. The SMILES string of the molecule is CN1CC[C@@](C)(O)[C@@H](NC(=O)c2ccc(F)cc2)[C@@H]1c1cccs1. The second-order valence-corrected chi connectivity index (χ2v) is 7.49. The van der Waals surface area contributed by atoms with Crippen LogP contribution in [0.5, 0.6) is 0 Å². The lowest BCUT2D eigenvalue weighted by Crippen LogP contribution is -2.61. The molecule has 2 aromatic rings. The van der Waals surface area contributed by atoms with Gasteiger partial charge in [-0.3, -0.25) is 9.69 Å². The van der Waals surface area contributed by atoms with Crippen LogP contribution in [0.1, 0.15) is 34.6 Å². The van der Waals surface area contributed by atoms with E-state index >= 15 is 0 Å². The molecule has 0 spiro atoms. The molecule has 3 atom stereocenters. The molecule has 3 rings (SSSR count). The molecule has 128 valence electrons. The second kappa shape index (κ2) is 6.63. The fourth-order valence-corrected chi connectivity index (χ4v) is 4.12. The predicted molar refractivity (Wildman–Crippen MR) is 92.6 cm³/mol. The van der Waals surface area contributed by atoms with Crippen molar-refractivity contribution in [2.24, 2.45) is 0 Å². The molecule has 4 nitrogen and oxygen atoms in total. The van der Waals surface area contributed by atoms with Crippen molar-refractivity contribution in [2.75, 3.05) is 13.6 Å². The Labute approximate surface area is 144 Å². The third kappa shape index (κ3) is 3.36. The number of thiophene rings is 1. The first-order valence-corrected chi connectivity index (χ1v) is 8.79. The van der Waals surface area contributed by atoms with Gasteiger partial charge in [0.1, 0.15) is 5.82 Å². The number of aliphatic hydroxyl groups is 1. The summed E-state index contributed by atoms with van der Waals surface area (Å²) in [6.45, 7) is 2.51. The van der Waals surface area contributed by atoms with E-state index in [4.69, 9.17) is 0 Å². The van der Waals surface area contributed by atoms with Crippen molar-refractivity contribution < 1.29 is 14.3 Å². The lowest BCUT2D eigenvalue weighted by atomic mass is 9.82. The molecule has 6 heteroatoms. The van der Waals surface area contributed by atoms with Crippen molar-refractivity contribution in [3.63, 3.8) is 0 Å². The molecule has 1 fully saturated rings. The molecule has 1 aliphatic heterocycles. The molecule has 1 aromatic carbocycles. The summed E-state index contributed by atoms with van der Waals surface area (Å²) in [6.07, 6.45) is 0.569. The Kier molecular flexibility index (Phi) is 4.71. The van der Waals surface area contributed by atoms with Crippen molar-refractivity contribution in [2.45, 2.75) is 31.0 Å². The number of hydrogen-bond donors (Lipinski definition) is 2. The molecule has 1 aliphatic rings. The van der Waals surface area contributed by atoms with Crippen LogP contribution in [0.25, 0.3) is 0 Å². The summed E-state index contributed by atoms with van der Waals surface area (Å²) in [7, 11) is 2.00. The van der Waals surface area contributed by atoms with E-state index in [0.29, 0.717) is 12.0 Å². The van der Waals surface area contributed by atoms with E-state index in [0.717, 1.165) is 11.4 Å². The number of benzene rings is 1. The lowest BCUT2D eigenvalue weighted by molar-refractivity contribution is -0.0558. The average Bonchev–Trinajstić information content (AvgIpc) is 3.06. The highest BCUT2D eigenvalue weighted by molar-refractivity contribution is 7.10. The third-order valence-electron chi connectivity index (χ3n) is 4.66. The van der Waals surface area contributed by atoms with Gasteiger partial charge in [0.25, 0.3) is 5.91 Å². The van der Waals surface area contributed by atoms with Gasteiger partial charge in [-0.1, -0.05) is 6.07 Å². The monoisotopic (exact) mass is 348 g/mol. The van der Waals surface area contributed by atoms with Gasteiger partial charge in [0.05, 0.1) is 17.7 Å². The molecule has 2 heterocycles. The van der Waals surface area contributed by atoms with Crippen LogP contribution in [0.3, 0.4) is 0 Å². The Hall–Kier alpha value is -1.76. The van der Waals surface area contributed by atoms with Gasteiger partial charge in [-0.25, -0.2) is 4.39 Å². The van der Waals surface area contributed by atoms with Crippen molar-refractivity contribution in [3.8, 4) is 0 Å². The van der Waals surface area contributed by atoms with E-state index in [2.05, 4.69) is 10.2 Å². The zero-order chi connectivity index (χ0) is 17.3. The fraction of sp³-hybridized carbons (Fsp3) is 0.389. The average molecular weight is 348 g/mol. The van der Waals surface area contributed by atoms with Crippen LogP contribution in [0.2, 0.25) is 0 Å². The zero-order valence-corrected chi connectivity index (χ0v) is 14.5. The van der Waals surface area contributed by atoms with Gasteiger partial charge in [-0.05, 0) is 56.1 Å². The number of piperidine rings is 1. The summed E-state index contributed by atoms with van der Waals surface area (Å²) < 4.78 is 13.1. The molecule has 0 radical (unpaired) electrons. The number of likely N-dealkylation sites (N-methyl/N-ethyl adjacent to an activating group) is 1. The van der Waals surface area contributed by atoms with E-state index in [1.807, 2.05) is 24.6 Å². The van der Waals surface area contributed by atoms with Crippen molar-refractivity contribution in [1.29, 1.82) is 0 Å².